The van der Waals surface area contributed by atoms with Crippen molar-refractivity contribution in [1.82, 2.24) is 4.57 Å². The molecule has 0 amide bonds. The van der Waals surface area contributed by atoms with Crippen LogP contribution < -0.4 is 11.3 Å². The van der Waals surface area contributed by atoms with Crippen LogP contribution in [0.15, 0.2) is 23.1 Å². The summed E-state index contributed by atoms with van der Waals surface area (Å²) in [5, 5.41) is 0. The lowest BCUT2D eigenvalue weighted by Crippen LogP contribution is -2.19. The maximum absolute atomic E-state index is 11.2. The highest BCUT2D eigenvalue weighted by Gasteiger charge is 1.94. The van der Waals surface area contributed by atoms with Gasteiger partial charge in [-0.15, -0.1) is 6.42 Å². The number of aromatic nitrogens is 1. The Morgan fingerprint density at radius 3 is 2.92 bits per heavy atom. The van der Waals surface area contributed by atoms with E-state index in [1.54, 1.807) is 12.3 Å². The van der Waals surface area contributed by atoms with Crippen LogP contribution in [-0.2, 0) is 13.1 Å². The van der Waals surface area contributed by atoms with Crippen molar-refractivity contribution in [1.29, 1.82) is 0 Å². The number of nitrogens with zero attached hydrogens (tertiary/aromatic N) is 1. The van der Waals surface area contributed by atoms with Crippen LogP contribution in [0.1, 0.15) is 5.56 Å². The number of rotatable bonds is 2. The van der Waals surface area contributed by atoms with Crippen molar-refractivity contribution in [3.8, 4) is 12.3 Å². The van der Waals surface area contributed by atoms with Gasteiger partial charge in [-0.05, 0) is 11.6 Å². The number of nitrogens with two attached hydrogens (primary N) is 1. The Labute approximate surface area is 70.8 Å². The van der Waals surface area contributed by atoms with Gasteiger partial charge < -0.3 is 10.3 Å². The van der Waals surface area contributed by atoms with Crippen LogP contribution in [0, 0.1) is 12.3 Å². The largest absolute Gasteiger partial charge is 0.326 e. The summed E-state index contributed by atoms with van der Waals surface area (Å²) in [4.78, 5) is 11.2. The van der Waals surface area contributed by atoms with Crippen LogP contribution in [0.4, 0.5) is 0 Å². The second-order valence-corrected chi connectivity index (χ2v) is 2.41. The van der Waals surface area contributed by atoms with Gasteiger partial charge in [-0.1, -0.05) is 5.92 Å². The van der Waals surface area contributed by atoms with E-state index in [1.165, 1.54) is 10.6 Å². The number of pyridine rings is 1. The highest BCUT2D eigenvalue weighted by atomic mass is 16.1. The minimum Gasteiger partial charge on any atom is -0.326 e. The number of terminal acetylenes is 1. The van der Waals surface area contributed by atoms with Crippen molar-refractivity contribution in [2.75, 3.05) is 0 Å². The molecule has 0 unspecified atom stereocenters. The van der Waals surface area contributed by atoms with Crippen LogP contribution in [0.25, 0.3) is 0 Å². The van der Waals surface area contributed by atoms with Gasteiger partial charge in [-0.3, -0.25) is 4.79 Å². The monoisotopic (exact) mass is 162 g/mol. The van der Waals surface area contributed by atoms with Crippen molar-refractivity contribution in [3.63, 3.8) is 0 Å². The van der Waals surface area contributed by atoms with E-state index in [0.717, 1.165) is 5.56 Å². The van der Waals surface area contributed by atoms with Crippen molar-refractivity contribution in [2.45, 2.75) is 13.1 Å². The van der Waals surface area contributed by atoms with Crippen LogP contribution in [-0.4, -0.2) is 4.57 Å². The Morgan fingerprint density at radius 2 is 2.42 bits per heavy atom. The van der Waals surface area contributed by atoms with E-state index < -0.39 is 0 Å². The van der Waals surface area contributed by atoms with Gasteiger partial charge in [-0.2, -0.15) is 0 Å². The molecule has 0 atom stereocenters. The van der Waals surface area contributed by atoms with Crippen LogP contribution >= 0.6 is 0 Å². The topological polar surface area (TPSA) is 48.0 Å². The molecule has 3 heteroatoms. The Morgan fingerprint density at radius 1 is 1.67 bits per heavy atom. The number of hydrogen-bond donors (Lipinski definition) is 1. The van der Waals surface area contributed by atoms with Crippen molar-refractivity contribution >= 4 is 0 Å². The molecule has 1 aromatic heterocycles. The average molecular weight is 162 g/mol. The molecular weight excluding hydrogens is 152 g/mol. The molecule has 0 aliphatic carbocycles. The summed E-state index contributed by atoms with van der Waals surface area (Å²) in [6.07, 6.45) is 6.72. The summed E-state index contributed by atoms with van der Waals surface area (Å²) in [5.74, 6) is 2.39. The summed E-state index contributed by atoms with van der Waals surface area (Å²) in [6.45, 7) is 0.690. The van der Waals surface area contributed by atoms with E-state index in [0.29, 0.717) is 13.1 Å². The summed E-state index contributed by atoms with van der Waals surface area (Å²) < 4.78 is 1.46. The van der Waals surface area contributed by atoms with Gasteiger partial charge in [0.05, 0.1) is 6.54 Å². The second kappa shape index (κ2) is 3.74. The Kier molecular flexibility index (Phi) is 2.67. The molecule has 0 fully saturated rings. The van der Waals surface area contributed by atoms with Crippen molar-refractivity contribution < 1.29 is 0 Å². The van der Waals surface area contributed by atoms with Crippen molar-refractivity contribution in [2.24, 2.45) is 5.73 Å². The zero-order valence-electron chi connectivity index (χ0n) is 6.66. The lowest BCUT2D eigenvalue weighted by Gasteiger charge is -2.00. The van der Waals surface area contributed by atoms with Gasteiger partial charge in [0.2, 0.25) is 0 Å². The highest BCUT2D eigenvalue weighted by molar-refractivity contribution is 5.10. The van der Waals surface area contributed by atoms with E-state index in [1.807, 2.05) is 0 Å². The lowest BCUT2D eigenvalue weighted by atomic mass is 10.3. The van der Waals surface area contributed by atoms with E-state index in [4.69, 9.17) is 12.2 Å². The predicted octanol–water partition coefficient (Wildman–Crippen LogP) is -0.0598. The van der Waals surface area contributed by atoms with Gasteiger partial charge in [0.25, 0.3) is 5.56 Å². The highest BCUT2D eigenvalue weighted by Crippen LogP contribution is 1.91. The fourth-order valence-electron chi connectivity index (χ4n) is 0.905. The summed E-state index contributed by atoms with van der Waals surface area (Å²) in [6, 6.07) is 3.29. The zero-order valence-corrected chi connectivity index (χ0v) is 6.66. The molecule has 1 rings (SSSR count). The fraction of sp³-hybridized carbons (Fsp3) is 0.222. The molecule has 2 N–H and O–H groups in total. The molecular formula is C9H10N2O. The second-order valence-electron chi connectivity index (χ2n) is 2.41. The smallest absolute Gasteiger partial charge is 0.251 e. The molecule has 0 saturated carbocycles. The molecule has 0 radical (unpaired) electrons. The summed E-state index contributed by atoms with van der Waals surface area (Å²) in [7, 11) is 0. The first kappa shape index (κ1) is 8.57. The maximum Gasteiger partial charge on any atom is 0.251 e. The van der Waals surface area contributed by atoms with E-state index in [-0.39, 0.29) is 5.56 Å². The summed E-state index contributed by atoms with van der Waals surface area (Å²) >= 11 is 0. The third-order valence-electron chi connectivity index (χ3n) is 1.56. The molecule has 0 aromatic carbocycles. The van der Waals surface area contributed by atoms with Gasteiger partial charge in [0, 0.05) is 18.8 Å². The minimum absolute atomic E-state index is 0.101. The normalized spacial score (nSPS) is 9.33. The van der Waals surface area contributed by atoms with Crippen LogP contribution in [0.3, 0.4) is 0 Å². The van der Waals surface area contributed by atoms with Gasteiger partial charge in [0.15, 0.2) is 0 Å². The molecule has 0 bridgehead atoms. The molecule has 1 heterocycles. The van der Waals surface area contributed by atoms with Gasteiger partial charge in [-0.25, -0.2) is 0 Å². The molecule has 0 spiro atoms. The summed E-state index contributed by atoms with van der Waals surface area (Å²) in [5.41, 5.74) is 6.08. The van der Waals surface area contributed by atoms with Crippen LogP contribution in [0.2, 0.25) is 0 Å². The molecule has 3 nitrogen and oxygen atoms in total. The Balaban J connectivity index is 3.06. The van der Waals surface area contributed by atoms with Gasteiger partial charge in [0.1, 0.15) is 0 Å². The first-order valence-corrected chi connectivity index (χ1v) is 3.61. The van der Waals surface area contributed by atoms with E-state index in [9.17, 15) is 4.79 Å². The standard InChI is InChI=1S/C9H10N2O/c1-2-4-11-5-3-8(7-10)6-9(11)12/h1,3,5-6H,4,7,10H2. The fourth-order valence-corrected chi connectivity index (χ4v) is 0.905. The van der Waals surface area contributed by atoms with E-state index >= 15 is 0 Å². The molecule has 0 aliphatic heterocycles. The lowest BCUT2D eigenvalue weighted by molar-refractivity contribution is 0.789. The zero-order chi connectivity index (χ0) is 8.97. The molecule has 1 aromatic rings. The quantitative estimate of drug-likeness (QED) is 0.619. The molecule has 62 valence electrons. The first-order valence-electron chi connectivity index (χ1n) is 3.61. The van der Waals surface area contributed by atoms with Gasteiger partial charge >= 0.3 is 0 Å². The predicted molar refractivity (Wildman–Crippen MR) is 47.4 cm³/mol. The maximum atomic E-state index is 11.2. The molecule has 0 saturated heterocycles. The van der Waals surface area contributed by atoms with Crippen LogP contribution in [0.5, 0.6) is 0 Å². The average Bonchev–Trinajstić information content (AvgIpc) is 2.09. The Bertz CT molecular complexity index is 360. The first-order chi connectivity index (χ1) is 5.77. The Hall–Kier alpha value is -1.53. The third-order valence-corrected chi connectivity index (χ3v) is 1.56. The van der Waals surface area contributed by atoms with E-state index in [2.05, 4.69) is 5.92 Å². The SMILES string of the molecule is C#CCn1ccc(CN)cc1=O. The third kappa shape index (κ3) is 1.74. The minimum atomic E-state index is -0.101. The molecule has 12 heavy (non-hydrogen) atoms. The number of hydrogen-bond acceptors (Lipinski definition) is 2. The molecule has 0 aliphatic rings. The van der Waals surface area contributed by atoms with Crippen molar-refractivity contribution in [3.05, 3.63) is 34.2 Å².